The second-order valence-corrected chi connectivity index (χ2v) is 4.96. The first kappa shape index (κ1) is 23.6. The molecule has 6 heteroatoms. The summed E-state index contributed by atoms with van der Waals surface area (Å²) in [4.78, 5) is 9.92. The summed E-state index contributed by atoms with van der Waals surface area (Å²) in [5, 5.41) is 8.16. The topological polar surface area (TPSA) is 65.0 Å². The van der Waals surface area contributed by atoms with E-state index in [4.69, 9.17) is 14.6 Å². The van der Waals surface area contributed by atoms with Crippen LogP contribution in [0, 0.1) is 0 Å². The van der Waals surface area contributed by atoms with Crippen molar-refractivity contribution in [3.63, 3.8) is 0 Å². The zero-order chi connectivity index (χ0) is 17.3. The first-order chi connectivity index (χ1) is 10.5. The molecule has 0 aromatic heterocycles. The molecule has 0 aliphatic heterocycles. The number of hydrogen-bond acceptors (Lipinski definition) is 4. The zero-order valence-corrected chi connectivity index (χ0v) is 15.1. The summed E-state index contributed by atoms with van der Waals surface area (Å²) in [6.45, 7) is 16.7. The Balaban J connectivity index is 0. The summed E-state index contributed by atoms with van der Waals surface area (Å²) >= 11 is 0. The molecule has 0 unspecified atom stereocenters. The van der Waals surface area contributed by atoms with Crippen LogP contribution >= 0.6 is 0 Å². The van der Waals surface area contributed by atoms with Crippen molar-refractivity contribution in [2.24, 2.45) is 0 Å². The van der Waals surface area contributed by atoms with Crippen molar-refractivity contribution in [3.05, 3.63) is 0 Å². The van der Waals surface area contributed by atoms with Crippen molar-refractivity contribution in [1.82, 2.24) is 0 Å². The Bertz CT molecular complexity index is 236. The number of likely N-dealkylation sites (N-methyl/N-ethyl adjacent to an activating group) is 1. The number of aliphatic carboxylic acids is 1. The van der Waals surface area contributed by atoms with E-state index in [2.05, 4.69) is 32.4 Å². The smallest absolute Gasteiger partial charge is 0.305 e. The fourth-order valence-electron chi connectivity index (χ4n) is 1.95. The molecule has 0 bridgehead atoms. The number of carboxylic acids is 1. The van der Waals surface area contributed by atoms with E-state index in [1.807, 2.05) is 0 Å². The minimum absolute atomic E-state index is 0.0592. The van der Waals surface area contributed by atoms with Gasteiger partial charge in [-0.05, 0) is 27.7 Å². The maximum atomic E-state index is 9.92. The molecule has 0 aromatic rings. The van der Waals surface area contributed by atoms with Crippen LogP contribution in [0.15, 0.2) is 0 Å². The van der Waals surface area contributed by atoms with E-state index in [1.165, 1.54) is 24.1 Å². The van der Waals surface area contributed by atoms with Gasteiger partial charge in [0, 0.05) is 13.7 Å². The predicted octanol–water partition coefficient (Wildman–Crippen LogP) is 2.02. The number of nitrogens with zero attached hydrogens (tertiary/aromatic N) is 1. The number of ether oxygens (including phenoxy) is 3. The summed E-state index contributed by atoms with van der Waals surface area (Å²) in [6.07, 6.45) is 0.0592. The molecule has 0 amide bonds. The largest absolute Gasteiger partial charge is 0.481 e. The first-order valence-corrected chi connectivity index (χ1v) is 8.23. The molecule has 0 heterocycles. The predicted molar refractivity (Wildman–Crippen MR) is 88.2 cm³/mol. The van der Waals surface area contributed by atoms with Crippen LogP contribution in [0.3, 0.4) is 0 Å². The molecule has 22 heavy (non-hydrogen) atoms. The number of carboxylic acid groups (broad SMARTS) is 1. The Morgan fingerprint density at radius 2 is 1.50 bits per heavy atom. The number of rotatable bonds is 13. The molecular formula is C16H36NO5+. The van der Waals surface area contributed by atoms with Crippen molar-refractivity contribution in [2.75, 3.05) is 66.3 Å². The number of methoxy groups -OCH3 is 1. The van der Waals surface area contributed by atoms with Gasteiger partial charge in [-0.1, -0.05) is 0 Å². The van der Waals surface area contributed by atoms with Crippen LogP contribution in [-0.4, -0.2) is 81.9 Å². The van der Waals surface area contributed by atoms with Gasteiger partial charge >= 0.3 is 5.97 Å². The van der Waals surface area contributed by atoms with Gasteiger partial charge in [-0.3, -0.25) is 4.79 Å². The lowest BCUT2D eigenvalue weighted by Gasteiger charge is -2.35. The lowest BCUT2D eigenvalue weighted by Crippen LogP contribution is -2.49. The maximum absolute atomic E-state index is 9.92. The summed E-state index contributed by atoms with van der Waals surface area (Å²) in [6, 6.07) is 0. The third-order valence-corrected chi connectivity index (χ3v) is 3.82. The molecule has 0 aliphatic rings. The average molecular weight is 322 g/mol. The van der Waals surface area contributed by atoms with E-state index in [9.17, 15) is 4.79 Å². The Morgan fingerprint density at radius 3 is 1.91 bits per heavy atom. The van der Waals surface area contributed by atoms with Crippen LogP contribution in [-0.2, 0) is 19.0 Å². The lowest BCUT2D eigenvalue weighted by molar-refractivity contribution is -0.923. The molecule has 134 valence electrons. The average Bonchev–Trinajstić information content (AvgIpc) is 2.52. The Kier molecular flexibility index (Phi) is 17.9. The molecular weight excluding hydrogens is 286 g/mol. The number of quaternary nitrogens is 1. The minimum atomic E-state index is -0.836. The fraction of sp³-hybridized carbons (Fsp3) is 0.938. The van der Waals surface area contributed by atoms with E-state index in [0.29, 0.717) is 13.2 Å². The van der Waals surface area contributed by atoms with E-state index in [1.54, 1.807) is 7.11 Å². The summed E-state index contributed by atoms with van der Waals surface area (Å²) in [5.74, 6) is -0.836. The highest BCUT2D eigenvalue weighted by atomic mass is 16.5. The lowest BCUT2D eigenvalue weighted by atomic mass is 10.3. The zero-order valence-electron chi connectivity index (χ0n) is 15.1. The third kappa shape index (κ3) is 14.3. The molecule has 0 fully saturated rings. The van der Waals surface area contributed by atoms with E-state index in [-0.39, 0.29) is 13.0 Å². The van der Waals surface area contributed by atoms with E-state index < -0.39 is 5.97 Å². The maximum Gasteiger partial charge on any atom is 0.305 e. The van der Waals surface area contributed by atoms with Crippen molar-refractivity contribution < 1.29 is 28.6 Å². The monoisotopic (exact) mass is 322 g/mol. The minimum Gasteiger partial charge on any atom is -0.481 e. The van der Waals surface area contributed by atoms with Gasteiger partial charge in [-0.25, -0.2) is 0 Å². The van der Waals surface area contributed by atoms with Gasteiger partial charge in [-0.15, -0.1) is 0 Å². The Labute approximate surface area is 135 Å². The van der Waals surface area contributed by atoms with Crippen LogP contribution in [0.4, 0.5) is 0 Å². The molecule has 0 spiro atoms. The highest BCUT2D eigenvalue weighted by molar-refractivity contribution is 5.66. The standard InChI is InChI=1S/C10H24NO.C6H12O4/c1-5-11(6-2,7-3)9-10-12-8-4;1-9-4-5-10-3-2-6(7)8/h5-10H2,1-4H3;2-5H2,1H3,(H,7,8)/q+1;. The molecule has 0 radical (unpaired) electrons. The summed E-state index contributed by atoms with van der Waals surface area (Å²) < 4.78 is 16.1. The summed E-state index contributed by atoms with van der Waals surface area (Å²) in [7, 11) is 1.57. The van der Waals surface area contributed by atoms with Gasteiger partial charge in [0.2, 0.25) is 0 Å². The Morgan fingerprint density at radius 1 is 0.909 bits per heavy atom. The van der Waals surface area contributed by atoms with Gasteiger partial charge in [0.1, 0.15) is 6.54 Å². The first-order valence-electron chi connectivity index (χ1n) is 8.23. The van der Waals surface area contributed by atoms with Crippen LogP contribution in [0.1, 0.15) is 34.1 Å². The summed E-state index contributed by atoms with van der Waals surface area (Å²) in [5.41, 5.74) is 0. The van der Waals surface area contributed by atoms with Gasteiger partial charge in [-0.2, -0.15) is 0 Å². The molecule has 6 nitrogen and oxygen atoms in total. The van der Waals surface area contributed by atoms with Gasteiger partial charge in [0.25, 0.3) is 0 Å². The van der Waals surface area contributed by atoms with Gasteiger partial charge in [0.05, 0.1) is 52.5 Å². The van der Waals surface area contributed by atoms with Gasteiger partial charge < -0.3 is 23.8 Å². The quantitative estimate of drug-likeness (QED) is 0.415. The molecule has 0 aliphatic carbocycles. The van der Waals surface area contributed by atoms with Crippen molar-refractivity contribution >= 4 is 5.97 Å². The highest BCUT2D eigenvalue weighted by Gasteiger charge is 2.19. The van der Waals surface area contributed by atoms with E-state index in [0.717, 1.165) is 19.8 Å². The van der Waals surface area contributed by atoms with Crippen LogP contribution < -0.4 is 0 Å². The molecule has 1 N–H and O–H groups in total. The van der Waals surface area contributed by atoms with Crippen LogP contribution in [0.5, 0.6) is 0 Å². The number of hydrogen-bond donors (Lipinski definition) is 1. The molecule has 0 aromatic carbocycles. The second-order valence-electron chi connectivity index (χ2n) is 4.96. The van der Waals surface area contributed by atoms with E-state index >= 15 is 0 Å². The van der Waals surface area contributed by atoms with Crippen LogP contribution in [0.2, 0.25) is 0 Å². The second kappa shape index (κ2) is 16.7. The van der Waals surface area contributed by atoms with Crippen molar-refractivity contribution in [1.29, 1.82) is 0 Å². The molecule has 0 saturated heterocycles. The SMILES string of the molecule is CCOCC[N+](CC)(CC)CC.COCCOCCC(=O)O. The highest BCUT2D eigenvalue weighted by Crippen LogP contribution is 2.04. The van der Waals surface area contributed by atoms with Crippen molar-refractivity contribution in [3.8, 4) is 0 Å². The number of carbonyl (C=O) groups is 1. The third-order valence-electron chi connectivity index (χ3n) is 3.82. The molecule has 0 rings (SSSR count). The van der Waals surface area contributed by atoms with Crippen LogP contribution in [0.25, 0.3) is 0 Å². The molecule has 0 atom stereocenters. The Hall–Kier alpha value is -0.690. The van der Waals surface area contributed by atoms with Crippen molar-refractivity contribution in [2.45, 2.75) is 34.1 Å². The molecule has 0 saturated carbocycles. The normalized spacial score (nSPS) is 11.0. The fourth-order valence-corrected chi connectivity index (χ4v) is 1.95. The van der Waals surface area contributed by atoms with Gasteiger partial charge in [0.15, 0.2) is 0 Å².